The zero-order valence-electron chi connectivity index (χ0n) is 6.99. The molecule has 0 N–H and O–H groups in total. The standard InChI is InChI=1S/C7H6F8/c8-2-1-3(9)4(10)5(11)6(12)7(13,14)15/h1-6H. The summed E-state index contributed by atoms with van der Waals surface area (Å²) in [5.74, 6) is 0. The highest BCUT2D eigenvalue weighted by molar-refractivity contribution is 4.94. The van der Waals surface area contributed by atoms with Crippen LogP contribution in [0.4, 0.5) is 35.1 Å². The Bertz CT molecular complexity index is 210. The Hall–Kier alpha value is -0.820. The minimum atomic E-state index is -5.62. The van der Waals surface area contributed by atoms with Gasteiger partial charge < -0.3 is 0 Å². The van der Waals surface area contributed by atoms with Gasteiger partial charge in [-0.1, -0.05) is 0 Å². The quantitative estimate of drug-likeness (QED) is 0.663. The summed E-state index contributed by atoms with van der Waals surface area (Å²) < 4.78 is 95.1. The second kappa shape index (κ2) is 5.32. The maximum atomic E-state index is 12.4. The van der Waals surface area contributed by atoms with Crippen LogP contribution in [0.5, 0.6) is 0 Å². The summed E-state index contributed by atoms with van der Waals surface area (Å²) in [6.45, 7) is 0. The van der Waals surface area contributed by atoms with Crippen molar-refractivity contribution in [2.75, 3.05) is 0 Å². The van der Waals surface area contributed by atoms with Gasteiger partial charge in [-0.3, -0.25) is 0 Å². The highest BCUT2D eigenvalue weighted by atomic mass is 19.4. The van der Waals surface area contributed by atoms with Crippen LogP contribution >= 0.6 is 0 Å². The lowest BCUT2D eigenvalue weighted by molar-refractivity contribution is -0.203. The molecule has 4 unspecified atom stereocenters. The van der Waals surface area contributed by atoms with E-state index in [0.29, 0.717) is 0 Å². The largest absolute Gasteiger partial charge is 0.422 e. The lowest BCUT2D eigenvalue weighted by Gasteiger charge is -2.20. The maximum absolute atomic E-state index is 12.4. The molecule has 0 bridgehead atoms. The van der Waals surface area contributed by atoms with Crippen LogP contribution < -0.4 is 0 Å². The SMILES string of the molecule is FC=CC(F)C(F)C(F)C(F)C(F)(F)F. The maximum Gasteiger partial charge on any atom is 0.422 e. The van der Waals surface area contributed by atoms with Gasteiger partial charge in [-0.25, -0.2) is 22.0 Å². The second-order valence-electron chi connectivity index (χ2n) is 2.60. The summed E-state index contributed by atoms with van der Waals surface area (Å²) in [6.07, 6.45) is -20.5. The van der Waals surface area contributed by atoms with E-state index in [-0.39, 0.29) is 6.08 Å². The molecular formula is C7H6F8. The van der Waals surface area contributed by atoms with Crippen LogP contribution in [0.3, 0.4) is 0 Å². The molecule has 0 aliphatic rings. The van der Waals surface area contributed by atoms with Crippen LogP contribution in [-0.2, 0) is 0 Å². The van der Waals surface area contributed by atoms with Crippen LogP contribution in [0.2, 0.25) is 0 Å². The van der Waals surface area contributed by atoms with Gasteiger partial charge in [0.15, 0.2) is 18.5 Å². The third kappa shape index (κ3) is 4.05. The van der Waals surface area contributed by atoms with Gasteiger partial charge in [-0.05, 0) is 6.08 Å². The van der Waals surface area contributed by atoms with Crippen molar-refractivity contribution >= 4 is 0 Å². The van der Waals surface area contributed by atoms with E-state index in [2.05, 4.69) is 0 Å². The monoisotopic (exact) mass is 242 g/mol. The van der Waals surface area contributed by atoms with Crippen molar-refractivity contribution in [2.45, 2.75) is 30.9 Å². The molecule has 4 atom stereocenters. The molecule has 0 aromatic heterocycles. The number of allylic oxidation sites excluding steroid dienone is 1. The molecule has 0 aliphatic heterocycles. The Morgan fingerprint density at radius 3 is 1.67 bits per heavy atom. The number of hydrogen-bond acceptors (Lipinski definition) is 0. The van der Waals surface area contributed by atoms with Gasteiger partial charge in [0.05, 0.1) is 6.33 Å². The smallest absolute Gasteiger partial charge is 0.241 e. The van der Waals surface area contributed by atoms with E-state index >= 15 is 0 Å². The first-order chi connectivity index (χ1) is 6.71. The van der Waals surface area contributed by atoms with Crippen LogP contribution in [0.25, 0.3) is 0 Å². The van der Waals surface area contributed by atoms with E-state index in [9.17, 15) is 35.1 Å². The molecule has 90 valence electrons. The fraction of sp³-hybridized carbons (Fsp3) is 0.714. The van der Waals surface area contributed by atoms with Crippen molar-refractivity contribution in [3.63, 3.8) is 0 Å². The van der Waals surface area contributed by atoms with Crippen molar-refractivity contribution in [3.8, 4) is 0 Å². The van der Waals surface area contributed by atoms with Gasteiger partial charge >= 0.3 is 6.18 Å². The summed E-state index contributed by atoms with van der Waals surface area (Å²) >= 11 is 0. The van der Waals surface area contributed by atoms with Crippen molar-refractivity contribution < 1.29 is 35.1 Å². The van der Waals surface area contributed by atoms with Crippen LogP contribution in [0.1, 0.15) is 0 Å². The van der Waals surface area contributed by atoms with Crippen molar-refractivity contribution in [2.24, 2.45) is 0 Å². The minimum absolute atomic E-state index is 0.152. The molecule has 0 fully saturated rings. The molecule has 0 aliphatic carbocycles. The molecule has 0 radical (unpaired) electrons. The predicted octanol–water partition coefficient (Wildman–Crippen LogP) is 3.38. The van der Waals surface area contributed by atoms with Gasteiger partial charge in [0.25, 0.3) is 0 Å². The van der Waals surface area contributed by atoms with E-state index in [1.807, 2.05) is 0 Å². The average Bonchev–Trinajstić information content (AvgIpc) is 2.13. The molecule has 0 saturated carbocycles. The Morgan fingerprint density at radius 1 is 0.867 bits per heavy atom. The van der Waals surface area contributed by atoms with Gasteiger partial charge in [-0.15, -0.1) is 0 Å². The van der Waals surface area contributed by atoms with Gasteiger partial charge in [-0.2, -0.15) is 13.2 Å². The molecular weight excluding hydrogens is 236 g/mol. The van der Waals surface area contributed by atoms with E-state index in [1.165, 1.54) is 0 Å². The predicted molar refractivity (Wildman–Crippen MR) is 35.9 cm³/mol. The normalized spacial score (nSPS) is 21.3. The van der Waals surface area contributed by atoms with Gasteiger partial charge in [0.2, 0.25) is 6.17 Å². The Labute approximate surface area is 79.6 Å². The molecule has 0 amide bonds. The van der Waals surface area contributed by atoms with Gasteiger partial charge in [0, 0.05) is 0 Å². The molecule has 0 aromatic carbocycles. The number of alkyl halides is 7. The van der Waals surface area contributed by atoms with Crippen molar-refractivity contribution in [1.82, 2.24) is 0 Å². The molecule has 8 heteroatoms. The fourth-order valence-electron chi connectivity index (χ4n) is 0.693. The van der Waals surface area contributed by atoms with Crippen LogP contribution in [0, 0.1) is 0 Å². The highest BCUT2D eigenvalue weighted by Gasteiger charge is 2.50. The Morgan fingerprint density at radius 2 is 1.33 bits per heavy atom. The molecule has 0 aromatic rings. The zero-order chi connectivity index (χ0) is 12.2. The van der Waals surface area contributed by atoms with E-state index in [0.717, 1.165) is 0 Å². The third-order valence-corrected chi connectivity index (χ3v) is 1.46. The first-order valence-electron chi connectivity index (χ1n) is 3.61. The summed E-state index contributed by atoms with van der Waals surface area (Å²) in [4.78, 5) is 0. The number of halogens is 8. The van der Waals surface area contributed by atoms with Crippen molar-refractivity contribution in [1.29, 1.82) is 0 Å². The van der Waals surface area contributed by atoms with E-state index in [4.69, 9.17) is 0 Å². The summed E-state index contributed by atoms with van der Waals surface area (Å²) in [7, 11) is 0. The highest BCUT2D eigenvalue weighted by Crippen LogP contribution is 2.30. The average molecular weight is 242 g/mol. The Balaban J connectivity index is 4.50. The second-order valence-corrected chi connectivity index (χ2v) is 2.60. The number of hydrogen-bond donors (Lipinski definition) is 0. The lowest BCUT2D eigenvalue weighted by atomic mass is 10.1. The molecule has 0 nitrogen and oxygen atoms in total. The summed E-state index contributed by atoms with van der Waals surface area (Å²) in [5.41, 5.74) is 0. The topological polar surface area (TPSA) is 0 Å². The zero-order valence-corrected chi connectivity index (χ0v) is 6.99. The lowest BCUT2D eigenvalue weighted by Crippen LogP contribution is -2.42. The molecule has 0 heterocycles. The number of rotatable bonds is 4. The fourth-order valence-corrected chi connectivity index (χ4v) is 0.693. The van der Waals surface area contributed by atoms with Gasteiger partial charge in [0.1, 0.15) is 0 Å². The molecule has 0 spiro atoms. The summed E-state index contributed by atoms with van der Waals surface area (Å²) in [6, 6.07) is 0. The first kappa shape index (κ1) is 14.2. The Kier molecular flexibility index (Phi) is 5.02. The minimum Gasteiger partial charge on any atom is -0.241 e. The van der Waals surface area contributed by atoms with E-state index in [1.54, 1.807) is 0 Å². The molecule has 0 saturated heterocycles. The first-order valence-corrected chi connectivity index (χ1v) is 3.61. The van der Waals surface area contributed by atoms with Crippen LogP contribution in [0.15, 0.2) is 12.4 Å². The van der Waals surface area contributed by atoms with Crippen LogP contribution in [-0.4, -0.2) is 30.9 Å². The van der Waals surface area contributed by atoms with E-state index < -0.39 is 37.2 Å². The third-order valence-electron chi connectivity index (χ3n) is 1.46. The molecule has 0 rings (SSSR count). The van der Waals surface area contributed by atoms with Crippen molar-refractivity contribution in [3.05, 3.63) is 12.4 Å². The summed E-state index contributed by atoms with van der Waals surface area (Å²) in [5, 5.41) is 0. The molecule has 15 heavy (non-hydrogen) atoms.